The van der Waals surface area contributed by atoms with E-state index in [-0.39, 0.29) is 17.6 Å². The van der Waals surface area contributed by atoms with Gasteiger partial charge in [0, 0.05) is 24.2 Å². The molecule has 0 saturated carbocycles. The number of rotatable bonds is 5. The van der Waals surface area contributed by atoms with Gasteiger partial charge in [-0.25, -0.2) is 9.18 Å². The van der Waals surface area contributed by atoms with E-state index in [1.807, 2.05) is 20.8 Å². The number of fused-ring (bicyclic) bond motifs is 1. The van der Waals surface area contributed by atoms with Crippen molar-refractivity contribution in [2.75, 3.05) is 12.4 Å². The number of carbonyl (C=O) groups is 2. The van der Waals surface area contributed by atoms with E-state index in [0.29, 0.717) is 28.0 Å². The predicted octanol–water partition coefficient (Wildman–Crippen LogP) is 4.15. The van der Waals surface area contributed by atoms with Gasteiger partial charge in [-0.15, -0.1) is 0 Å². The molecule has 29 heavy (non-hydrogen) atoms. The minimum absolute atomic E-state index is 0.0141. The molecule has 3 N–H and O–H groups in total. The Balaban J connectivity index is 1.82. The molecule has 0 aliphatic rings. The zero-order chi connectivity index (χ0) is 21.1. The SMILES string of the molecule is CNC(=O)c1cncc(NC(=O)NC(c2oc3ccc(F)cc3c2C)C(C)C)c1. The van der Waals surface area contributed by atoms with E-state index < -0.39 is 12.1 Å². The quantitative estimate of drug-likeness (QED) is 0.601. The molecule has 2 heterocycles. The predicted molar refractivity (Wildman–Crippen MR) is 108 cm³/mol. The molecule has 0 bridgehead atoms. The molecule has 0 radical (unpaired) electrons. The minimum atomic E-state index is -0.467. The fraction of sp³-hybridized carbons (Fsp3) is 0.286. The summed E-state index contributed by atoms with van der Waals surface area (Å²) in [6.45, 7) is 5.74. The Hall–Kier alpha value is -3.42. The maximum absolute atomic E-state index is 13.6. The van der Waals surface area contributed by atoms with Gasteiger partial charge < -0.3 is 20.4 Å². The van der Waals surface area contributed by atoms with Crippen LogP contribution in [-0.4, -0.2) is 24.0 Å². The molecule has 1 atom stereocenters. The summed E-state index contributed by atoms with van der Waals surface area (Å²) in [5, 5.41) is 8.76. The first-order chi connectivity index (χ1) is 13.8. The van der Waals surface area contributed by atoms with Crippen molar-refractivity contribution in [2.24, 2.45) is 5.92 Å². The van der Waals surface area contributed by atoms with E-state index in [4.69, 9.17) is 4.42 Å². The van der Waals surface area contributed by atoms with Gasteiger partial charge in [-0.05, 0) is 37.1 Å². The summed E-state index contributed by atoms with van der Waals surface area (Å²) in [5.41, 5.74) is 2.06. The van der Waals surface area contributed by atoms with Gasteiger partial charge in [0.1, 0.15) is 17.2 Å². The Kier molecular flexibility index (Phi) is 5.81. The van der Waals surface area contributed by atoms with Crippen molar-refractivity contribution in [2.45, 2.75) is 26.8 Å². The van der Waals surface area contributed by atoms with E-state index in [2.05, 4.69) is 20.9 Å². The summed E-state index contributed by atoms with van der Waals surface area (Å²) < 4.78 is 19.5. The molecule has 1 aromatic carbocycles. The number of urea groups is 1. The number of benzene rings is 1. The van der Waals surface area contributed by atoms with E-state index in [0.717, 1.165) is 5.56 Å². The van der Waals surface area contributed by atoms with E-state index in [1.165, 1.54) is 37.6 Å². The van der Waals surface area contributed by atoms with Gasteiger partial charge in [0.2, 0.25) is 0 Å². The lowest BCUT2D eigenvalue weighted by molar-refractivity contribution is 0.0962. The normalized spacial score (nSPS) is 12.1. The summed E-state index contributed by atoms with van der Waals surface area (Å²) in [6.07, 6.45) is 2.86. The van der Waals surface area contributed by atoms with Gasteiger partial charge in [-0.2, -0.15) is 0 Å². The number of halogens is 1. The first-order valence-corrected chi connectivity index (χ1v) is 9.23. The van der Waals surface area contributed by atoms with Crippen molar-refractivity contribution >= 4 is 28.6 Å². The number of hydrogen-bond acceptors (Lipinski definition) is 4. The second kappa shape index (κ2) is 8.30. The zero-order valence-corrected chi connectivity index (χ0v) is 16.7. The van der Waals surface area contributed by atoms with Crippen LogP contribution in [-0.2, 0) is 0 Å². The second-order valence-corrected chi connectivity index (χ2v) is 7.09. The Morgan fingerprint density at radius 2 is 1.93 bits per heavy atom. The maximum Gasteiger partial charge on any atom is 0.319 e. The number of nitrogens with one attached hydrogen (secondary N) is 3. The molecule has 3 aromatic rings. The van der Waals surface area contributed by atoms with Crippen LogP contribution >= 0.6 is 0 Å². The van der Waals surface area contributed by atoms with E-state index >= 15 is 0 Å². The van der Waals surface area contributed by atoms with Crippen LogP contribution in [0.1, 0.15) is 41.6 Å². The number of hydrogen-bond donors (Lipinski definition) is 3. The molecule has 0 fully saturated rings. The molecule has 3 amide bonds. The van der Waals surface area contributed by atoms with Crippen LogP contribution in [0.5, 0.6) is 0 Å². The molecule has 2 aromatic heterocycles. The molecule has 3 rings (SSSR count). The lowest BCUT2D eigenvalue weighted by atomic mass is 9.98. The third-order valence-corrected chi connectivity index (χ3v) is 4.66. The minimum Gasteiger partial charge on any atom is -0.459 e. The molecule has 152 valence electrons. The van der Waals surface area contributed by atoms with Gasteiger partial charge in [0.05, 0.1) is 23.5 Å². The summed E-state index contributed by atoms with van der Waals surface area (Å²) in [7, 11) is 1.52. The molecule has 8 heteroatoms. The number of aromatic nitrogens is 1. The molecular formula is C21H23FN4O3. The summed E-state index contributed by atoms with van der Waals surface area (Å²) >= 11 is 0. The fourth-order valence-electron chi connectivity index (χ4n) is 3.13. The third kappa shape index (κ3) is 4.37. The standard InChI is InChI=1S/C21H23FN4O3/c1-11(2)18(19-12(3)16-8-14(22)5-6-17(16)29-19)26-21(28)25-15-7-13(9-24-10-15)20(27)23-4/h5-11,18H,1-4H3,(H,23,27)(H2,25,26,28). The third-order valence-electron chi connectivity index (χ3n) is 4.66. The van der Waals surface area contributed by atoms with Crippen molar-refractivity contribution in [1.29, 1.82) is 0 Å². The van der Waals surface area contributed by atoms with Crippen molar-refractivity contribution in [1.82, 2.24) is 15.6 Å². The molecule has 0 aliphatic carbocycles. The number of pyridine rings is 1. The van der Waals surface area contributed by atoms with Crippen LogP contribution in [0.2, 0.25) is 0 Å². The van der Waals surface area contributed by atoms with Crippen molar-refractivity contribution in [3.63, 3.8) is 0 Å². The van der Waals surface area contributed by atoms with Gasteiger partial charge >= 0.3 is 6.03 Å². The Bertz CT molecular complexity index is 1060. The Labute approximate surface area is 167 Å². The number of anilines is 1. The van der Waals surface area contributed by atoms with Crippen molar-refractivity contribution in [3.05, 3.63) is 59.4 Å². The first kappa shape index (κ1) is 20.3. The fourth-order valence-corrected chi connectivity index (χ4v) is 3.13. The lowest BCUT2D eigenvalue weighted by Gasteiger charge is -2.21. The second-order valence-electron chi connectivity index (χ2n) is 7.09. The highest BCUT2D eigenvalue weighted by atomic mass is 19.1. The molecule has 0 saturated heterocycles. The van der Waals surface area contributed by atoms with Crippen molar-refractivity contribution < 1.29 is 18.4 Å². The molecule has 0 aliphatic heterocycles. The van der Waals surface area contributed by atoms with E-state index in [9.17, 15) is 14.0 Å². The van der Waals surface area contributed by atoms with Crippen LogP contribution < -0.4 is 16.0 Å². The zero-order valence-electron chi connectivity index (χ0n) is 16.7. The molecule has 7 nitrogen and oxygen atoms in total. The van der Waals surface area contributed by atoms with Gasteiger partial charge in [-0.3, -0.25) is 9.78 Å². The van der Waals surface area contributed by atoms with E-state index in [1.54, 1.807) is 6.07 Å². The van der Waals surface area contributed by atoms with Crippen LogP contribution in [0, 0.1) is 18.7 Å². The molecule has 1 unspecified atom stereocenters. The summed E-state index contributed by atoms with van der Waals surface area (Å²) in [6, 6.07) is 4.97. The highest BCUT2D eigenvalue weighted by Crippen LogP contribution is 2.33. The smallest absolute Gasteiger partial charge is 0.319 e. The molecule has 0 spiro atoms. The van der Waals surface area contributed by atoms with Gasteiger partial charge in [-0.1, -0.05) is 13.8 Å². The number of amides is 3. The summed E-state index contributed by atoms with van der Waals surface area (Å²) in [4.78, 5) is 28.3. The summed E-state index contributed by atoms with van der Waals surface area (Å²) in [5.74, 6) is -0.0526. The van der Waals surface area contributed by atoms with Gasteiger partial charge in [0.25, 0.3) is 5.91 Å². The number of nitrogens with zero attached hydrogens (tertiary/aromatic N) is 1. The number of carbonyl (C=O) groups excluding carboxylic acids is 2. The average molecular weight is 398 g/mol. The topological polar surface area (TPSA) is 96.3 Å². The Morgan fingerprint density at radius 3 is 2.62 bits per heavy atom. The highest BCUT2D eigenvalue weighted by Gasteiger charge is 2.25. The first-order valence-electron chi connectivity index (χ1n) is 9.23. The van der Waals surface area contributed by atoms with Crippen molar-refractivity contribution in [3.8, 4) is 0 Å². The number of furan rings is 1. The maximum atomic E-state index is 13.6. The van der Waals surface area contributed by atoms with Gasteiger partial charge in [0.15, 0.2) is 0 Å². The van der Waals surface area contributed by atoms with Crippen LogP contribution in [0.15, 0.2) is 41.1 Å². The molecular weight excluding hydrogens is 375 g/mol. The monoisotopic (exact) mass is 398 g/mol. The van der Waals surface area contributed by atoms with Crippen LogP contribution in [0.25, 0.3) is 11.0 Å². The largest absolute Gasteiger partial charge is 0.459 e. The van der Waals surface area contributed by atoms with Crippen LogP contribution in [0.4, 0.5) is 14.9 Å². The highest BCUT2D eigenvalue weighted by molar-refractivity contribution is 5.96. The van der Waals surface area contributed by atoms with Crippen LogP contribution in [0.3, 0.4) is 0 Å². The average Bonchev–Trinajstić information content (AvgIpc) is 3.01. The lowest BCUT2D eigenvalue weighted by Crippen LogP contribution is -2.35. The Morgan fingerprint density at radius 1 is 1.17 bits per heavy atom. The number of aryl methyl sites for hydroxylation is 1.